The molecule has 0 radical (unpaired) electrons. The first-order chi connectivity index (χ1) is 16.1. The van der Waals surface area contributed by atoms with Gasteiger partial charge < -0.3 is 4.74 Å². The smallest absolute Gasteiger partial charge is 0.417 e. The molecule has 34 heavy (non-hydrogen) atoms. The third-order valence-electron chi connectivity index (χ3n) is 5.64. The molecule has 0 amide bonds. The maximum absolute atomic E-state index is 15.0. The zero-order valence-electron chi connectivity index (χ0n) is 18.0. The zero-order chi connectivity index (χ0) is 24.6. The van der Waals surface area contributed by atoms with Crippen LogP contribution in [0.1, 0.15) is 57.3 Å². The van der Waals surface area contributed by atoms with Crippen LogP contribution in [0.3, 0.4) is 0 Å². The first-order valence-corrected chi connectivity index (χ1v) is 11.4. The van der Waals surface area contributed by atoms with Crippen LogP contribution < -0.4 is 0 Å². The second-order valence-electron chi connectivity index (χ2n) is 7.77. The molecule has 0 N–H and O–H groups in total. The van der Waals surface area contributed by atoms with E-state index in [1.165, 1.54) is 24.3 Å². The molecule has 1 aliphatic carbocycles. The Morgan fingerprint density at radius 2 is 1.88 bits per heavy atom. The first kappa shape index (κ1) is 24.1. The minimum Gasteiger partial charge on any atom is -0.462 e. The normalized spacial score (nSPS) is 13.5. The molecule has 0 unspecified atom stereocenters. The van der Waals surface area contributed by atoms with E-state index < -0.39 is 35.0 Å². The summed E-state index contributed by atoms with van der Waals surface area (Å²) >= 11 is 3.07. The number of halogens is 5. The molecular weight excluding hydrogens is 520 g/mol. The maximum Gasteiger partial charge on any atom is 0.417 e. The van der Waals surface area contributed by atoms with E-state index in [-0.39, 0.29) is 27.9 Å². The lowest BCUT2D eigenvalue weighted by molar-refractivity contribution is -0.138. The topological polar surface area (TPSA) is 61.2 Å². The van der Waals surface area contributed by atoms with Crippen LogP contribution in [0.2, 0.25) is 0 Å². The van der Waals surface area contributed by atoms with Crippen molar-refractivity contribution in [2.45, 2.75) is 38.8 Å². The lowest BCUT2D eigenvalue weighted by Crippen LogP contribution is -2.23. The van der Waals surface area contributed by atoms with E-state index in [9.17, 15) is 22.8 Å². The number of benzene rings is 2. The summed E-state index contributed by atoms with van der Waals surface area (Å²) in [6, 6.07) is 7.18. The van der Waals surface area contributed by atoms with Crippen molar-refractivity contribution < 1.29 is 31.9 Å². The van der Waals surface area contributed by atoms with Crippen LogP contribution in [0.4, 0.5) is 17.6 Å². The SMILES string of the molecule is CCOC(=O)c1ccc(-c2nn(C(=O)c3c(Br)cccc3C(F)(F)F)c3c2CCCC3)c(F)c1. The van der Waals surface area contributed by atoms with Gasteiger partial charge in [-0.2, -0.15) is 23.0 Å². The number of rotatable bonds is 4. The molecule has 2 aromatic carbocycles. The van der Waals surface area contributed by atoms with Crippen molar-refractivity contribution in [1.29, 1.82) is 0 Å². The van der Waals surface area contributed by atoms with E-state index in [0.717, 1.165) is 29.7 Å². The second-order valence-corrected chi connectivity index (χ2v) is 8.63. The Labute approximate surface area is 200 Å². The number of hydrogen-bond donors (Lipinski definition) is 0. The Bertz CT molecular complexity index is 1280. The molecule has 0 bridgehead atoms. The Morgan fingerprint density at radius 3 is 2.56 bits per heavy atom. The van der Waals surface area contributed by atoms with Crippen LogP contribution in [-0.2, 0) is 23.8 Å². The first-order valence-electron chi connectivity index (χ1n) is 10.6. The van der Waals surface area contributed by atoms with E-state index >= 15 is 4.39 Å². The summed E-state index contributed by atoms with van der Waals surface area (Å²) in [6.45, 7) is 1.77. The predicted molar refractivity (Wildman–Crippen MR) is 119 cm³/mol. The van der Waals surface area contributed by atoms with E-state index in [4.69, 9.17) is 4.74 Å². The van der Waals surface area contributed by atoms with Gasteiger partial charge in [0, 0.05) is 15.6 Å². The van der Waals surface area contributed by atoms with Crippen LogP contribution in [0.25, 0.3) is 11.3 Å². The summed E-state index contributed by atoms with van der Waals surface area (Å²) in [5.41, 5.74) is -0.311. The van der Waals surface area contributed by atoms with E-state index in [1.54, 1.807) is 6.92 Å². The zero-order valence-corrected chi connectivity index (χ0v) is 19.6. The van der Waals surface area contributed by atoms with Gasteiger partial charge in [0.2, 0.25) is 0 Å². The van der Waals surface area contributed by atoms with Gasteiger partial charge in [0.15, 0.2) is 0 Å². The highest BCUT2D eigenvalue weighted by Gasteiger charge is 2.38. The number of hydrogen-bond acceptors (Lipinski definition) is 4. The molecular formula is C24H19BrF4N2O3. The summed E-state index contributed by atoms with van der Waals surface area (Å²) in [7, 11) is 0. The van der Waals surface area contributed by atoms with Crippen LogP contribution in [0.15, 0.2) is 40.9 Å². The maximum atomic E-state index is 15.0. The average molecular weight is 539 g/mol. The Hall–Kier alpha value is -3.01. The molecule has 1 aliphatic rings. The Balaban J connectivity index is 1.84. The monoisotopic (exact) mass is 538 g/mol. The minimum atomic E-state index is -4.75. The molecule has 0 saturated heterocycles. The van der Waals surface area contributed by atoms with Crippen LogP contribution in [0, 0.1) is 5.82 Å². The number of aromatic nitrogens is 2. The number of esters is 1. The fourth-order valence-electron chi connectivity index (χ4n) is 4.12. The van der Waals surface area contributed by atoms with Gasteiger partial charge in [-0.3, -0.25) is 4.79 Å². The van der Waals surface area contributed by atoms with Gasteiger partial charge in [0.05, 0.1) is 34.7 Å². The molecule has 4 rings (SSSR count). The molecule has 0 saturated carbocycles. The third-order valence-corrected chi connectivity index (χ3v) is 6.30. The molecule has 0 aliphatic heterocycles. The van der Waals surface area contributed by atoms with Crippen molar-refractivity contribution in [1.82, 2.24) is 9.78 Å². The third kappa shape index (κ3) is 4.38. The minimum absolute atomic E-state index is 0.0149. The van der Waals surface area contributed by atoms with Crippen molar-refractivity contribution in [3.8, 4) is 11.3 Å². The molecule has 0 spiro atoms. The van der Waals surface area contributed by atoms with Gasteiger partial charge in [-0.05, 0) is 78.9 Å². The summed E-state index contributed by atoms with van der Waals surface area (Å²) in [5.74, 6) is -2.37. The molecule has 1 aromatic heterocycles. The predicted octanol–water partition coefficient (Wildman–Crippen LogP) is 6.21. The van der Waals surface area contributed by atoms with E-state index in [0.29, 0.717) is 24.1 Å². The standard InChI is InChI=1S/C24H19BrF4N2O3/c1-2-34-23(33)13-10-11-14(18(26)12-13)21-15-6-3-4-9-19(15)31(30-21)22(32)20-16(24(27,28)29)7-5-8-17(20)25/h5,7-8,10-12H,2-4,6,9H2,1H3. The average Bonchev–Trinajstić information content (AvgIpc) is 3.17. The molecule has 178 valence electrons. The quantitative estimate of drug-likeness (QED) is 0.292. The van der Waals surface area contributed by atoms with Crippen molar-refractivity contribution in [3.05, 3.63) is 74.6 Å². The summed E-state index contributed by atoms with van der Waals surface area (Å²) in [6.07, 6.45) is -2.34. The number of fused-ring (bicyclic) bond motifs is 1. The summed E-state index contributed by atoms with van der Waals surface area (Å²) in [5, 5.41) is 4.30. The van der Waals surface area contributed by atoms with Crippen molar-refractivity contribution >= 4 is 27.8 Å². The molecule has 3 aromatic rings. The van der Waals surface area contributed by atoms with Gasteiger partial charge in [-0.15, -0.1) is 0 Å². The second kappa shape index (κ2) is 9.32. The number of carbonyl (C=O) groups excluding carboxylic acids is 2. The number of carbonyl (C=O) groups is 2. The largest absolute Gasteiger partial charge is 0.462 e. The fraction of sp³-hybridized carbons (Fsp3) is 0.292. The van der Waals surface area contributed by atoms with Crippen molar-refractivity contribution in [2.75, 3.05) is 6.61 Å². The number of nitrogens with zero attached hydrogens (tertiary/aromatic N) is 2. The van der Waals surface area contributed by atoms with Crippen molar-refractivity contribution in [2.24, 2.45) is 0 Å². The summed E-state index contributed by atoms with van der Waals surface area (Å²) < 4.78 is 61.8. The number of ether oxygens (including phenoxy) is 1. The highest BCUT2D eigenvalue weighted by Crippen LogP contribution is 2.38. The highest BCUT2D eigenvalue weighted by atomic mass is 79.9. The lowest BCUT2D eigenvalue weighted by atomic mass is 9.93. The van der Waals surface area contributed by atoms with Gasteiger partial charge in [-0.1, -0.05) is 6.07 Å². The summed E-state index contributed by atoms with van der Waals surface area (Å²) in [4.78, 5) is 25.3. The van der Waals surface area contributed by atoms with E-state index in [1.807, 2.05) is 0 Å². The molecule has 0 fully saturated rings. The van der Waals surface area contributed by atoms with Crippen LogP contribution in [-0.4, -0.2) is 28.3 Å². The van der Waals surface area contributed by atoms with Crippen LogP contribution >= 0.6 is 15.9 Å². The highest BCUT2D eigenvalue weighted by molar-refractivity contribution is 9.10. The lowest BCUT2D eigenvalue weighted by Gasteiger charge is -2.16. The van der Waals surface area contributed by atoms with Gasteiger partial charge in [-0.25, -0.2) is 9.18 Å². The molecule has 5 nitrogen and oxygen atoms in total. The Morgan fingerprint density at radius 1 is 1.15 bits per heavy atom. The number of alkyl halides is 3. The van der Waals surface area contributed by atoms with E-state index in [2.05, 4.69) is 21.0 Å². The Kier molecular flexibility index (Phi) is 6.62. The molecule has 1 heterocycles. The molecule has 10 heteroatoms. The fourth-order valence-corrected chi connectivity index (χ4v) is 4.65. The van der Waals surface area contributed by atoms with Crippen LogP contribution in [0.5, 0.6) is 0 Å². The molecule has 0 atom stereocenters. The van der Waals surface area contributed by atoms with Gasteiger partial charge >= 0.3 is 12.1 Å². The van der Waals surface area contributed by atoms with Gasteiger partial charge in [0.1, 0.15) is 5.82 Å². The van der Waals surface area contributed by atoms with Crippen molar-refractivity contribution in [3.63, 3.8) is 0 Å². The van der Waals surface area contributed by atoms with Gasteiger partial charge in [0.25, 0.3) is 5.91 Å².